The van der Waals surface area contributed by atoms with Gasteiger partial charge < -0.3 is 0 Å². The number of carbonyl (C=O) groups is 1. The lowest BCUT2D eigenvalue weighted by Crippen LogP contribution is -2.59. The number of hydrogen-bond acceptors (Lipinski definition) is 1. The fraction of sp³-hybridized carbons (Fsp3) is 0.963. The SMILES string of the molecule is CCCCC1CCC(C2CCC3(CC2)CC2(CCC(CCC)CC2)C3=O)CC1. The van der Waals surface area contributed by atoms with Gasteiger partial charge in [-0.15, -0.1) is 0 Å². The van der Waals surface area contributed by atoms with Crippen LogP contribution in [0.1, 0.15) is 129 Å². The highest BCUT2D eigenvalue weighted by molar-refractivity contribution is 5.96. The zero-order valence-corrected chi connectivity index (χ0v) is 18.9. The van der Waals surface area contributed by atoms with Gasteiger partial charge in [0.25, 0.3) is 0 Å². The van der Waals surface area contributed by atoms with E-state index in [-0.39, 0.29) is 10.8 Å². The lowest BCUT2D eigenvalue weighted by Gasteiger charge is -2.59. The molecule has 0 N–H and O–H groups in total. The number of Topliss-reactive ketones (excluding diaryl/α,β-unsaturated/α-hetero) is 1. The Morgan fingerprint density at radius 3 is 1.75 bits per heavy atom. The smallest absolute Gasteiger partial charge is 0.145 e. The first-order valence-corrected chi connectivity index (χ1v) is 13.2. The molecule has 0 aromatic rings. The summed E-state index contributed by atoms with van der Waals surface area (Å²) < 4.78 is 0. The van der Waals surface area contributed by atoms with Crippen molar-refractivity contribution in [3.05, 3.63) is 0 Å². The van der Waals surface area contributed by atoms with Crippen LogP contribution in [0.3, 0.4) is 0 Å². The lowest BCUT2D eigenvalue weighted by atomic mass is 9.42. The molecule has 4 rings (SSSR count). The van der Waals surface area contributed by atoms with Crippen molar-refractivity contribution >= 4 is 5.78 Å². The first kappa shape index (κ1) is 20.9. The fourth-order valence-corrected chi connectivity index (χ4v) is 8.10. The van der Waals surface area contributed by atoms with Gasteiger partial charge in [0.1, 0.15) is 5.78 Å². The Morgan fingerprint density at radius 1 is 0.679 bits per heavy atom. The summed E-state index contributed by atoms with van der Waals surface area (Å²) in [7, 11) is 0. The standard InChI is InChI=1S/C27H46O/c1-3-5-7-22-8-10-23(11-9-22)24-14-18-27(19-15-24)20-26(25(27)28)16-12-21(6-4-2)13-17-26/h21-24H,3-20H2,1-2H3. The molecule has 160 valence electrons. The highest BCUT2D eigenvalue weighted by atomic mass is 16.1. The van der Waals surface area contributed by atoms with Crippen LogP contribution in [0.4, 0.5) is 0 Å². The summed E-state index contributed by atoms with van der Waals surface area (Å²) in [4.78, 5) is 13.4. The van der Waals surface area contributed by atoms with Gasteiger partial charge in [-0.3, -0.25) is 4.79 Å². The van der Waals surface area contributed by atoms with E-state index in [2.05, 4.69) is 13.8 Å². The van der Waals surface area contributed by atoms with Crippen LogP contribution in [-0.2, 0) is 4.79 Å². The molecule has 0 aromatic carbocycles. The Morgan fingerprint density at radius 2 is 1.21 bits per heavy atom. The second-order valence-electron chi connectivity index (χ2n) is 11.6. The molecule has 2 spiro atoms. The van der Waals surface area contributed by atoms with Crippen molar-refractivity contribution in [2.45, 2.75) is 129 Å². The highest BCUT2D eigenvalue weighted by Gasteiger charge is 2.63. The van der Waals surface area contributed by atoms with E-state index in [9.17, 15) is 4.79 Å². The Balaban J connectivity index is 1.23. The zero-order valence-electron chi connectivity index (χ0n) is 18.9. The maximum atomic E-state index is 13.4. The first-order valence-electron chi connectivity index (χ1n) is 13.2. The van der Waals surface area contributed by atoms with Crippen LogP contribution in [0.2, 0.25) is 0 Å². The number of carbonyl (C=O) groups excluding carboxylic acids is 1. The Hall–Kier alpha value is -0.330. The van der Waals surface area contributed by atoms with Gasteiger partial charge in [0, 0.05) is 10.8 Å². The zero-order chi connectivity index (χ0) is 19.6. The molecule has 0 bridgehead atoms. The summed E-state index contributed by atoms with van der Waals surface area (Å²) in [5.41, 5.74) is 0.292. The molecule has 1 nitrogen and oxygen atoms in total. The molecule has 0 radical (unpaired) electrons. The lowest BCUT2D eigenvalue weighted by molar-refractivity contribution is -0.169. The van der Waals surface area contributed by atoms with E-state index in [1.54, 1.807) is 0 Å². The summed E-state index contributed by atoms with van der Waals surface area (Å²) in [6.07, 6.45) is 24.5. The summed E-state index contributed by atoms with van der Waals surface area (Å²) in [6, 6.07) is 0. The van der Waals surface area contributed by atoms with Crippen LogP contribution >= 0.6 is 0 Å². The number of unbranched alkanes of at least 4 members (excludes halogenated alkanes) is 1. The molecule has 4 aliphatic carbocycles. The Bertz CT molecular complexity index is 510. The van der Waals surface area contributed by atoms with Gasteiger partial charge in [-0.05, 0) is 94.3 Å². The molecular formula is C27H46O. The van der Waals surface area contributed by atoms with Crippen molar-refractivity contribution in [2.75, 3.05) is 0 Å². The number of hydrogen-bond donors (Lipinski definition) is 0. The van der Waals surface area contributed by atoms with E-state index in [4.69, 9.17) is 0 Å². The van der Waals surface area contributed by atoms with Gasteiger partial charge in [-0.2, -0.15) is 0 Å². The molecular weight excluding hydrogens is 340 g/mol. The molecule has 4 fully saturated rings. The van der Waals surface area contributed by atoms with Crippen molar-refractivity contribution in [2.24, 2.45) is 34.5 Å². The van der Waals surface area contributed by atoms with Crippen molar-refractivity contribution in [1.82, 2.24) is 0 Å². The van der Waals surface area contributed by atoms with Crippen LogP contribution in [0, 0.1) is 34.5 Å². The third-order valence-electron chi connectivity index (χ3n) is 9.91. The molecule has 0 atom stereocenters. The minimum atomic E-state index is 0.145. The van der Waals surface area contributed by atoms with E-state index in [0.717, 1.165) is 29.5 Å². The highest BCUT2D eigenvalue weighted by Crippen LogP contribution is 2.64. The first-order chi connectivity index (χ1) is 13.6. The van der Waals surface area contributed by atoms with E-state index in [0.29, 0.717) is 0 Å². The molecule has 0 amide bonds. The van der Waals surface area contributed by atoms with Gasteiger partial charge >= 0.3 is 0 Å². The van der Waals surface area contributed by atoms with Crippen molar-refractivity contribution in [3.63, 3.8) is 0 Å². The molecule has 4 saturated carbocycles. The topological polar surface area (TPSA) is 17.1 Å². The third-order valence-corrected chi connectivity index (χ3v) is 9.91. The predicted molar refractivity (Wildman–Crippen MR) is 118 cm³/mol. The molecule has 28 heavy (non-hydrogen) atoms. The molecule has 0 saturated heterocycles. The second-order valence-corrected chi connectivity index (χ2v) is 11.6. The van der Waals surface area contributed by atoms with Crippen LogP contribution in [-0.4, -0.2) is 5.78 Å². The summed E-state index contributed by atoms with van der Waals surface area (Å²) in [5, 5.41) is 0. The quantitative estimate of drug-likeness (QED) is 0.450. The van der Waals surface area contributed by atoms with Crippen molar-refractivity contribution in [1.29, 1.82) is 0 Å². The Labute approximate surface area is 174 Å². The second kappa shape index (κ2) is 8.81. The average molecular weight is 387 g/mol. The van der Waals surface area contributed by atoms with Crippen LogP contribution in [0.15, 0.2) is 0 Å². The van der Waals surface area contributed by atoms with Gasteiger partial charge in [0.05, 0.1) is 0 Å². The predicted octanol–water partition coefficient (Wildman–Crippen LogP) is 8.11. The number of ketones is 1. The molecule has 0 aromatic heterocycles. The van der Waals surface area contributed by atoms with Gasteiger partial charge in [-0.1, -0.05) is 58.8 Å². The molecule has 0 aliphatic heterocycles. The largest absolute Gasteiger partial charge is 0.298 e. The average Bonchev–Trinajstić information content (AvgIpc) is 2.74. The summed E-state index contributed by atoms with van der Waals surface area (Å²) in [6.45, 7) is 4.64. The molecule has 0 unspecified atom stereocenters. The number of rotatable bonds is 6. The van der Waals surface area contributed by atoms with Crippen LogP contribution in [0.25, 0.3) is 0 Å². The van der Waals surface area contributed by atoms with E-state index in [1.807, 2.05) is 0 Å². The van der Waals surface area contributed by atoms with Gasteiger partial charge in [0.2, 0.25) is 0 Å². The van der Waals surface area contributed by atoms with Crippen molar-refractivity contribution < 1.29 is 4.79 Å². The minimum Gasteiger partial charge on any atom is -0.298 e. The van der Waals surface area contributed by atoms with E-state index in [1.165, 1.54) is 116 Å². The monoisotopic (exact) mass is 386 g/mol. The van der Waals surface area contributed by atoms with Crippen LogP contribution < -0.4 is 0 Å². The maximum absolute atomic E-state index is 13.4. The summed E-state index contributed by atoms with van der Waals surface area (Å²) in [5.74, 6) is 4.62. The van der Waals surface area contributed by atoms with E-state index < -0.39 is 0 Å². The summed E-state index contributed by atoms with van der Waals surface area (Å²) >= 11 is 0. The van der Waals surface area contributed by atoms with Gasteiger partial charge in [0.15, 0.2) is 0 Å². The molecule has 1 heteroatoms. The fourth-order valence-electron chi connectivity index (χ4n) is 8.10. The van der Waals surface area contributed by atoms with E-state index >= 15 is 0 Å². The third kappa shape index (κ3) is 3.98. The van der Waals surface area contributed by atoms with Crippen LogP contribution in [0.5, 0.6) is 0 Å². The maximum Gasteiger partial charge on any atom is 0.145 e. The molecule has 0 heterocycles. The Kier molecular flexibility index (Phi) is 6.58. The minimum absolute atomic E-state index is 0.145. The molecule has 4 aliphatic rings. The normalized spacial score (nSPS) is 44.0. The van der Waals surface area contributed by atoms with Gasteiger partial charge in [-0.25, -0.2) is 0 Å². The van der Waals surface area contributed by atoms with Crippen molar-refractivity contribution in [3.8, 4) is 0 Å².